The van der Waals surface area contributed by atoms with E-state index in [0.717, 1.165) is 6.26 Å². The highest BCUT2D eigenvalue weighted by molar-refractivity contribution is 7.86. The van der Waals surface area contributed by atoms with Crippen molar-refractivity contribution in [3.8, 4) is 11.3 Å². The molecule has 0 unspecified atom stereocenters. The number of nitro groups is 1. The molecule has 1 heterocycles. The monoisotopic (exact) mass is 324 g/mol. The Morgan fingerprint density at radius 1 is 1.18 bits per heavy atom. The van der Waals surface area contributed by atoms with E-state index in [-0.39, 0.29) is 11.4 Å². The Balaban J connectivity index is 2.63. The normalized spacial score (nSPS) is 11.2. The molecule has 0 fully saturated rings. The number of hydrogen-bond acceptors (Lipinski definition) is 6. The Morgan fingerprint density at radius 3 is 2.27 bits per heavy atom. The molecule has 1 aromatic heterocycles. The topological polar surface area (TPSA) is 109 Å². The van der Waals surface area contributed by atoms with E-state index >= 15 is 0 Å². The van der Waals surface area contributed by atoms with Gasteiger partial charge in [-0.15, -0.1) is 4.73 Å². The van der Waals surface area contributed by atoms with Gasteiger partial charge >= 0.3 is 10.1 Å². The van der Waals surface area contributed by atoms with Crippen LogP contribution < -0.4 is 9.84 Å². The highest BCUT2D eigenvalue weighted by Crippen LogP contribution is 2.22. The van der Waals surface area contributed by atoms with Crippen LogP contribution >= 0.6 is 0 Å². The predicted octanol–water partition coefficient (Wildman–Crippen LogP) is 1.12. The van der Waals surface area contributed by atoms with E-state index in [0.29, 0.717) is 15.9 Å². The molecule has 2 rings (SSSR count). The second-order valence-corrected chi connectivity index (χ2v) is 6.19. The maximum Gasteiger partial charge on any atom is 0.324 e. The lowest BCUT2D eigenvalue weighted by Gasteiger charge is -2.12. The molecule has 116 valence electrons. The number of pyridine rings is 1. The summed E-state index contributed by atoms with van der Waals surface area (Å²) in [5, 5.41) is 10.7. The summed E-state index contributed by atoms with van der Waals surface area (Å²) >= 11 is 0. The molecule has 1 aromatic carbocycles. The van der Waals surface area contributed by atoms with Crippen molar-refractivity contribution in [2.24, 2.45) is 0 Å². The first-order chi connectivity index (χ1) is 10.2. The molecule has 0 N–H and O–H groups in total. The minimum Gasteiger partial charge on any atom is -0.284 e. The molecule has 0 spiro atoms. The van der Waals surface area contributed by atoms with Crippen LogP contribution in [0.25, 0.3) is 11.3 Å². The average molecular weight is 324 g/mol. The van der Waals surface area contributed by atoms with Gasteiger partial charge in [-0.2, -0.15) is 8.42 Å². The highest BCUT2D eigenvalue weighted by atomic mass is 32.2. The van der Waals surface area contributed by atoms with Gasteiger partial charge in [0.25, 0.3) is 11.2 Å². The van der Waals surface area contributed by atoms with Crippen molar-refractivity contribution in [2.75, 3.05) is 6.26 Å². The van der Waals surface area contributed by atoms with E-state index in [1.807, 2.05) is 0 Å². The van der Waals surface area contributed by atoms with Gasteiger partial charge < -0.3 is 0 Å². The maximum atomic E-state index is 12.0. The standard InChI is InChI=1S/C13H12N2O6S/c1-9-7-12(10-3-5-11(6-4-10)15(17)18)14(13(16)8-9)21-22(2,19)20/h3-8H,1-2H3. The molecule has 0 aliphatic carbocycles. The summed E-state index contributed by atoms with van der Waals surface area (Å²) < 4.78 is 27.9. The molecular weight excluding hydrogens is 312 g/mol. The zero-order valence-corrected chi connectivity index (χ0v) is 12.5. The summed E-state index contributed by atoms with van der Waals surface area (Å²) in [7, 11) is -3.91. The molecule has 0 amide bonds. The van der Waals surface area contributed by atoms with Gasteiger partial charge in [-0.25, -0.2) is 0 Å². The SMILES string of the molecule is Cc1cc(-c2ccc([N+](=O)[O-])cc2)n(OS(C)(=O)=O)c(=O)c1. The fourth-order valence-corrected chi connectivity index (χ4v) is 2.28. The first kappa shape index (κ1) is 15.7. The zero-order valence-electron chi connectivity index (χ0n) is 11.7. The fourth-order valence-electron chi connectivity index (χ4n) is 1.85. The zero-order chi connectivity index (χ0) is 16.5. The predicted molar refractivity (Wildman–Crippen MR) is 79.0 cm³/mol. The first-order valence-electron chi connectivity index (χ1n) is 6.06. The molecule has 22 heavy (non-hydrogen) atoms. The van der Waals surface area contributed by atoms with Gasteiger partial charge in [-0.1, -0.05) is 0 Å². The minimum absolute atomic E-state index is 0.116. The third kappa shape index (κ3) is 3.50. The van der Waals surface area contributed by atoms with Crippen LogP contribution in [0.5, 0.6) is 0 Å². The molecule has 0 aliphatic heterocycles. The summed E-state index contributed by atoms with van der Waals surface area (Å²) in [5.74, 6) is 0. The molecule has 9 heteroatoms. The Hall–Kier alpha value is -2.68. The van der Waals surface area contributed by atoms with Crippen LogP contribution in [0.1, 0.15) is 5.56 Å². The van der Waals surface area contributed by atoms with Crippen LogP contribution in [0.4, 0.5) is 5.69 Å². The average Bonchev–Trinajstić information content (AvgIpc) is 2.40. The molecule has 0 aliphatic rings. The van der Waals surface area contributed by atoms with Crippen molar-refractivity contribution < 1.29 is 17.6 Å². The van der Waals surface area contributed by atoms with Crippen molar-refractivity contribution in [3.05, 3.63) is 62.4 Å². The fraction of sp³-hybridized carbons (Fsp3) is 0.154. The Morgan fingerprint density at radius 2 is 1.77 bits per heavy atom. The Bertz CT molecular complexity index is 884. The van der Waals surface area contributed by atoms with Crippen LogP contribution in [0.2, 0.25) is 0 Å². The molecule has 0 saturated heterocycles. The number of hydrogen-bond donors (Lipinski definition) is 0. The summed E-state index contributed by atoms with van der Waals surface area (Å²) in [5.41, 5.74) is 0.431. The van der Waals surface area contributed by atoms with Crippen molar-refractivity contribution in [1.29, 1.82) is 0 Å². The van der Waals surface area contributed by atoms with Crippen LogP contribution in [-0.4, -0.2) is 24.3 Å². The largest absolute Gasteiger partial charge is 0.324 e. The summed E-state index contributed by atoms with van der Waals surface area (Å²) in [6, 6.07) is 8.11. The van der Waals surface area contributed by atoms with E-state index in [4.69, 9.17) is 4.28 Å². The van der Waals surface area contributed by atoms with Gasteiger partial charge in [0.15, 0.2) is 0 Å². The minimum atomic E-state index is -3.91. The van der Waals surface area contributed by atoms with Gasteiger partial charge in [-0.05, 0) is 30.7 Å². The first-order valence-corrected chi connectivity index (χ1v) is 7.87. The smallest absolute Gasteiger partial charge is 0.284 e. The molecule has 0 atom stereocenters. The molecule has 2 aromatic rings. The van der Waals surface area contributed by atoms with E-state index in [1.54, 1.807) is 13.0 Å². The summed E-state index contributed by atoms with van der Waals surface area (Å²) in [4.78, 5) is 22.1. The number of nitro benzene ring substituents is 1. The van der Waals surface area contributed by atoms with E-state index in [2.05, 4.69) is 0 Å². The van der Waals surface area contributed by atoms with Gasteiger partial charge in [-0.3, -0.25) is 19.2 Å². The van der Waals surface area contributed by atoms with Crippen molar-refractivity contribution in [3.63, 3.8) is 0 Å². The molecule has 0 saturated carbocycles. The number of rotatable bonds is 4. The third-order valence-corrected chi connectivity index (χ3v) is 3.14. The lowest BCUT2D eigenvalue weighted by molar-refractivity contribution is -0.384. The van der Waals surface area contributed by atoms with E-state index in [9.17, 15) is 23.3 Å². The van der Waals surface area contributed by atoms with Crippen LogP contribution in [0, 0.1) is 17.0 Å². The van der Waals surface area contributed by atoms with Gasteiger partial charge in [0.05, 0.1) is 16.9 Å². The number of nitrogens with zero attached hydrogens (tertiary/aromatic N) is 2. The van der Waals surface area contributed by atoms with Gasteiger partial charge in [0, 0.05) is 23.8 Å². The van der Waals surface area contributed by atoms with E-state index < -0.39 is 20.6 Å². The van der Waals surface area contributed by atoms with Crippen LogP contribution in [0.15, 0.2) is 41.2 Å². The Labute approximate surface area is 125 Å². The summed E-state index contributed by atoms with van der Waals surface area (Å²) in [6.45, 7) is 1.67. The third-order valence-electron chi connectivity index (χ3n) is 2.72. The van der Waals surface area contributed by atoms with Crippen molar-refractivity contribution in [1.82, 2.24) is 4.73 Å². The second kappa shape index (κ2) is 5.60. The number of benzene rings is 1. The maximum absolute atomic E-state index is 12.0. The van der Waals surface area contributed by atoms with Crippen LogP contribution in [0.3, 0.4) is 0 Å². The number of non-ortho nitro benzene ring substituents is 1. The number of aryl methyl sites for hydroxylation is 1. The quantitative estimate of drug-likeness (QED) is 0.616. The lowest BCUT2D eigenvalue weighted by atomic mass is 10.1. The second-order valence-electron chi connectivity index (χ2n) is 4.63. The number of aromatic nitrogens is 1. The lowest BCUT2D eigenvalue weighted by Crippen LogP contribution is -2.31. The van der Waals surface area contributed by atoms with Crippen molar-refractivity contribution in [2.45, 2.75) is 6.92 Å². The highest BCUT2D eigenvalue weighted by Gasteiger charge is 2.14. The van der Waals surface area contributed by atoms with Gasteiger partial charge in [0.1, 0.15) is 0 Å². The molecular formula is C13H12N2O6S. The van der Waals surface area contributed by atoms with Gasteiger partial charge in [0.2, 0.25) is 0 Å². The van der Waals surface area contributed by atoms with Crippen LogP contribution in [-0.2, 0) is 10.1 Å². The molecule has 8 nitrogen and oxygen atoms in total. The Kier molecular flexibility index (Phi) is 4.00. The van der Waals surface area contributed by atoms with E-state index in [1.165, 1.54) is 30.3 Å². The van der Waals surface area contributed by atoms with Crippen molar-refractivity contribution >= 4 is 15.8 Å². The molecule has 0 radical (unpaired) electrons. The molecule has 0 bridgehead atoms. The summed E-state index contributed by atoms with van der Waals surface area (Å²) in [6.07, 6.45) is 0.818.